The molecule has 0 N–H and O–H groups in total. The Kier molecular flexibility index (Phi) is 13.3. The number of halogens is 2. The number of fused-ring (bicyclic) bond motifs is 9. The average molecular weight is 1190 g/mol. The van der Waals surface area contributed by atoms with E-state index in [9.17, 15) is 0 Å². The zero-order valence-corrected chi connectivity index (χ0v) is 50.9. The van der Waals surface area contributed by atoms with E-state index in [4.69, 9.17) is 9.47 Å². The molecule has 92 heavy (non-hydrogen) atoms. The second-order valence-corrected chi connectivity index (χ2v) is 24.6. The Hall–Kier alpha value is -11.4. The van der Waals surface area contributed by atoms with E-state index in [1.165, 1.54) is 27.8 Å². The fourth-order valence-corrected chi connectivity index (χ4v) is 15.3. The van der Waals surface area contributed by atoms with Crippen LogP contribution in [-0.2, 0) is 16.2 Å². The van der Waals surface area contributed by atoms with Gasteiger partial charge in [0.2, 0.25) is 0 Å². The summed E-state index contributed by atoms with van der Waals surface area (Å²) in [4.78, 5) is 2.37. The Bertz CT molecular complexity index is 4790. The number of hydrogen-bond acceptors (Lipinski definition) is 3. The van der Waals surface area contributed by atoms with Crippen molar-refractivity contribution >= 4 is 29.2 Å². The van der Waals surface area contributed by atoms with Gasteiger partial charge in [0.25, 0.3) is 0 Å². The maximum Gasteiger partial charge on any atom is 0.127 e. The summed E-state index contributed by atoms with van der Waals surface area (Å²) in [5.74, 6) is 2.18. The minimum absolute atomic E-state index is 0.221. The Labute approximate surface area is 535 Å². The van der Waals surface area contributed by atoms with Crippen molar-refractivity contribution in [2.24, 2.45) is 0 Å². The van der Waals surface area contributed by atoms with E-state index in [0.29, 0.717) is 23.0 Å². The van der Waals surface area contributed by atoms with Crippen LogP contribution in [0.25, 0.3) is 56.7 Å². The van der Waals surface area contributed by atoms with Gasteiger partial charge in [0.15, 0.2) is 0 Å². The predicted octanol–water partition coefficient (Wildman–Crippen LogP) is 23.0. The summed E-state index contributed by atoms with van der Waals surface area (Å²) in [5.41, 5.74) is 22.7. The molecule has 3 aliphatic rings. The van der Waals surface area contributed by atoms with Gasteiger partial charge >= 0.3 is 0 Å². The minimum atomic E-state index is -0.907. The summed E-state index contributed by atoms with van der Waals surface area (Å²) >= 11 is 0. The van der Waals surface area contributed by atoms with Gasteiger partial charge in [0.05, 0.1) is 10.8 Å². The maximum absolute atomic E-state index is 15.4. The van der Waals surface area contributed by atoms with Gasteiger partial charge in [-0.3, -0.25) is 0 Å². The lowest BCUT2D eigenvalue weighted by atomic mass is 9.67. The summed E-state index contributed by atoms with van der Waals surface area (Å²) < 4.78 is 43.7. The Morgan fingerprint density at radius 1 is 0.315 bits per heavy atom. The largest absolute Gasteiger partial charge is 0.457 e. The molecule has 13 aromatic carbocycles. The summed E-state index contributed by atoms with van der Waals surface area (Å²) in [6, 6.07) is 102. The van der Waals surface area contributed by atoms with Crippen molar-refractivity contribution in [3.05, 3.63) is 389 Å². The smallest absolute Gasteiger partial charge is 0.127 e. The van der Waals surface area contributed by atoms with E-state index in [2.05, 4.69) is 208 Å². The van der Waals surface area contributed by atoms with Crippen LogP contribution in [0.15, 0.2) is 310 Å². The van der Waals surface area contributed by atoms with Crippen molar-refractivity contribution in [2.45, 2.75) is 30.1 Å². The van der Waals surface area contributed by atoms with Crippen LogP contribution in [0, 0.1) is 11.6 Å². The molecule has 0 radical (unpaired) electrons. The van der Waals surface area contributed by atoms with Crippen LogP contribution in [0.3, 0.4) is 0 Å². The lowest BCUT2D eigenvalue weighted by Gasteiger charge is -2.36. The van der Waals surface area contributed by atoms with Gasteiger partial charge < -0.3 is 14.4 Å². The highest BCUT2D eigenvalue weighted by Gasteiger charge is 2.49. The van der Waals surface area contributed by atoms with E-state index < -0.39 is 10.8 Å². The second kappa shape index (κ2) is 22.0. The first kappa shape index (κ1) is 55.9. The lowest BCUT2D eigenvalue weighted by Crippen LogP contribution is -2.29. The SMILES string of the molecule is C=Cc1ccc(Oc2ccc(C3(c4ccc(F)cc4)c4ccccc4-c4ccc(N(c5ccc(-c6cccc7c6C(C)(C)c6ccccc6-7)cc5)c5ccc6c(c5)C(c5ccc(F)cc5)(c5ccc(Oc7ccc(C=C)cc7)cc5)c5ccccc5-6)cc43)cc2)cc1. The molecule has 3 aliphatic carbocycles. The van der Waals surface area contributed by atoms with Gasteiger partial charge in [-0.05, 0) is 220 Å². The van der Waals surface area contributed by atoms with E-state index in [1.807, 2.05) is 109 Å². The van der Waals surface area contributed by atoms with E-state index in [1.54, 1.807) is 24.3 Å². The monoisotopic (exact) mass is 1190 g/mol. The topological polar surface area (TPSA) is 21.7 Å². The number of rotatable bonds is 14. The highest BCUT2D eigenvalue weighted by atomic mass is 19.1. The van der Waals surface area contributed by atoms with Crippen molar-refractivity contribution in [2.75, 3.05) is 4.90 Å². The molecule has 0 aliphatic heterocycles. The molecule has 0 fully saturated rings. The molecule has 16 rings (SSSR count). The van der Waals surface area contributed by atoms with Crippen LogP contribution in [0.2, 0.25) is 0 Å². The number of ether oxygens (including phenoxy) is 2. The van der Waals surface area contributed by atoms with Gasteiger partial charge in [0, 0.05) is 22.5 Å². The van der Waals surface area contributed by atoms with Crippen LogP contribution in [0.1, 0.15) is 80.6 Å². The number of nitrogens with zero attached hydrogens (tertiary/aromatic N) is 1. The number of hydrogen-bond donors (Lipinski definition) is 0. The summed E-state index contributed by atoms with van der Waals surface area (Å²) in [6.07, 6.45) is 3.63. The zero-order chi connectivity index (χ0) is 62.3. The van der Waals surface area contributed by atoms with Gasteiger partial charge in [-0.15, -0.1) is 0 Å². The molecule has 0 bridgehead atoms. The van der Waals surface area contributed by atoms with Crippen molar-refractivity contribution in [3.63, 3.8) is 0 Å². The molecule has 0 amide bonds. The molecule has 0 heterocycles. The third kappa shape index (κ3) is 8.82. The van der Waals surface area contributed by atoms with Crippen LogP contribution in [0.4, 0.5) is 25.8 Å². The fourth-order valence-electron chi connectivity index (χ4n) is 15.3. The molecule has 2 unspecified atom stereocenters. The molecule has 13 aromatic rings. The molecular formula is C87H61F2NO2. The quantitative estimate of drug-likeness (QED) is 0.108. The van der Waals surface area contributed by atoms with E-state index >= 15 is 8.78 Å². The molecular weight excluding hydrogens is 1130 g/mol. The highest BCUT2D eigenvalue weighted by molar-refractivity contribution is 5.94. The maximum atomic E-state index is 15.4. The third-order valence-electron chi connectivity index (χ3n) is 19.4. The molecule has 0 aromatic heterocycles. The van der Waals surface area contributed by atoms with E-state index in [0.717, 1.165) is 101 Å². The third-order valence-corrected chi connectivity index (χ3v) is 19.4. The van der Waals surface area contributed by atoms with E-state index in [-0.39, 0.29) is 17.0 Å². The summed E-state index contributed by atoms with van der Waals surface area (Å²) in [5, 5.41) is 0. The average Bonchev–Trinajstić information content (AvgIpc) is 1.54. The molecule has 5 heteroatoms. The Morgan fingerprint density at radius 3 is 1.08 bits per heavy atom. The lowest BCUT2D eigenvalue weighted by molar-refractivity contribution is 0.482. The molecule has 2 atom stereocenters. The summed E-state index contributed by atoms with van der Waals surface area (Å²) in [6.45, 7) is 12.5. The fraction of sp³-hybridized carbons (Fsp3) is 0.0575. The van der Waals surface area contributed by atoms with Crippen LogP contribution < -0.4 is 14.4 Å². The molecule has 0 saturated heterocycles. The zero-order valence-electron chi connectivity index (χ0n) is 50.9. The van der Waals surface area contributed by atoms with Gasteiger partial charge in [-0.2, -0.15) is 0 Å². The molecule has 0 saturated carbocycles. The van der Waals surface area contributed by atoms with Crippen LogP contribution >= 0.6 is 0 Å². The van der Waals surface area contributed by atoms with Gasteiger partial charge in [-0.25, -0.2) is 8.78 Å². The van der Waals surface area contributed by atoms with Crippen molar-refractivity contribution in [3.8, 4) is 67.5 Å². The Balaban J connectivity index is 0.902. The first-order valence-electron chi connectivity index (χ1n) is 31.2. The predicted molar refractivity (Wildman–Crippen MR) is 372 cm³/mol. The normalized spacial score (nSPS) is 15.9. The van der Waals surface area contributed by atoms with Crippen LogP contribution in [-0.4, -0.2) is 0 Å². The summed E-state index contributed by atoms with van der Waals surface area (Å²) in [7, 11) is 0. The standard InChI is InChI=1S/C87H61F2NO2/c1-5-56-22-44-68(45-23-56)91-70-48-32-61(33-49-70)86(59-28-36-63(88)37-29-59)80-20-11-8-14-73(80)76-52-42-66(54-82(76)86)90(65-40-26-58(27-41-65)72-17-13-18-78-75-16-7-10-19-79(75)85(3,4)84(72)78)67-43-53-77-74-15-9-12-21-81(74)87(83(77)55-67,60-30-38-64(89)39-31-60)62-34-50-71(51-35-62)92-69-46-24-57(6-2)25-47-69/h5-55H,1-2H2,3-4H3. The van der Waals surface area contributed by atoms with Crippen molar-refractivity contribution < 1.29 is 18.3 Å². The minimum Gasteiger partial charge on any atom is -0.457 e. The molecule has 0 spiro atoms. The van der Waals surface area contributed by atoms with Gasteiger partial charge in [-0.1, -0.05) is 227 Å². The molecule has 440 valence electrons. The molecule has 3 nitrogen and oxygen atoms in total. The number of anilines is 3. The van der Waals surface area contributed by atoms with Crippen LogP contribution in [0.5, 0.6) is 23.0 Å². The first-order chi connectivity index (χ1) is 45.0. The highest BCUT2D eigenvalue weighted by Crippen LogP contribution is 2.61. The Morgan fingerprint density at radius 2 is 0.652 bits per heavy atom. The first-order valence-corrected chi connectivity index (χ1v) is 31.2. The van der Waals surface area contributed by atoms with Crippen molar-refractivity contribution in [1.82, 2.24) is 0 Å². The number of benzene rings is 13. The van der Waals surface area contributed by atoms with Crippen molar-refractivity contribution in [1.29, 1.82) is 0 Å². The second-order valence-electron chi connectivity index (χ2n) is 24.6. The van der Waals surface area contributed by atoms with Gasteiger partial charge in [0.1, 0.15) is 34.6 Å².